The molecule has 0 aliphatic carbocycles. The maximum atomic E-state index is 5.71. The van der Waals surface area contributed by atoms with Crippen molar-refractivity contribution in [3.8, 4) is 0 Å². The topological polar surface area (TPSA) is 81.7 Å². The smallest absolute Gasteiger partial charge is 0.163 e. The average Bonchev–Trinajstić information content (AvgIpc) is 2.71. The first-order valence-corrected chi connectivity index (χ1v) is 6.53. The fourth-order valence-corrected chi connectivity index (χ4v) is 2.13. The van der Waals surface area contributed by atoms with E-state index in [1.165, 1.54) is 0 Å². The molecule has 0 saturated heterocycles. The number of hydrogen-bond donors (Lipinski definition) is 2. The molecule has 6 heteroatoms. The van der Waals surface area contributed by atoms with Gasteiger partial charge < -0.3 is 11.1 Å². The highest BCUT2D eigenvalue weighted by Gasteiger charge is 2.25. The molecule has 0 radical (unpaired) electrons. The highest BCUT2D eigenvalue weighted by Crippen LogP contribution is 2.27. The first-order valence-electron chi connectivity index (χ1n) is 6.53. The molecule has 1 unspecified atom stereocenters. The molecular weight excluding hydrogens is 240 g/mol. The Labute approximate surface area is 113 Å². The van der Waals surface area contributed by atoms with Crippen LogP contribution in [0.1, 0.15) is 27.2 Å². The van der Waals surface area contributed by atoms with Gasteiger partial charge in [-0.05, 0) is 18.4 Å². The maximum Gasteiger partial charge on any atom is 0.163 e. The predicted molar refractivity (Wildman–Crippen MR) is 76.8 cm³/mol. The van der Waals surface area contributed by atoms with Crippen molar-refractivity contribution in [2.75, 3.05) is 11.9 Å². The number of hydrogen-bond acceptors (Lipinski definition) is 5. The third-order valence-electron chi connectivity index (χ3n) is 3.34. The summed E-state index contributed by atoms with van der Waals surface area (Å²) < 4.78 is 1.75. The first kappa shape index (κ1) is 13.7. The molecule has 2 rings (SSSR count). The molecule has 0 aromatic carbocycles. The van der Waals surface area contributed by atoms with Crippen molar-refractivity contribution in [1.82, 2.24) is 19.7 Å². The lowest BCUT2D eigenvalue weighted by atomic mass is 9.84. The monoisotopic (exact) mass is 262 g/mol. The Bertz CT molecular complexity index is 554. The summed E-state index contributed by atoms with van der Waals surface area (Å²) in [5, 5.41) is 8.65. The SMILES string of the molecule is Cn1ncc2c(NC(CCN)C(C)(C)C)ncnc21. The molecular formula is C13H22N6. The third-order valence-corrected chi connectivity index (χ3v) is 3.34. The minimum atomic E-state index is 0.110. The summed E-state index contributed by atoms with van der Waals surface area (Å²) in [5.41, 5.74) is 6.65. The highest BCUT2D eigenvalue weighted by molar-refractivity contribution is 5.86. The number of aromatic nitrogens is 4. The largest absolute Gasteiger partial charge is 0.366 e. The zero-order valence-electron chi connectivity index (χ0n) is 12.0. The quantitative estimate of drug-likeness (QED) is 0.873. The lowest BCUT2D eigenvalue weighted by Gasteiger charge is -2.31. The number of aryl methyl sites for hydroxylation is 1. The molecule has 0 saturated carbocycles. The Morgan fingerprint density at radius 3 is 2.74 bits per heavy atom. The van der Waals surface area contributed by atoms with Crippen LogP contribution < -0.4 is 11.1 Å². The number of nitrogens with zero attached hydrogens (tertiary/aromatic N) is 4. The molecule has 2 heterocycles. The van der Waals surface area contributed by atoms with Crippen LogP contribution in [0.15, 0.2) is 12.5 Å². The third kappa shape index (κ3) is 2.84. The fourth-order valence-electron chi connectivity index (χ4n) is 2.13. The van der Waals surface area contributed by atoms with Crippen LogP contribution >= 0.6 is 0 Å². The zero-order chi connectivity index (χ0) is 14.0. The van der Waals surface area contributed by atoms with E-state index in [-0.39, 0.29) is 11.5 Å². The van der Waals surface area contributed by atoms with Crippen molar-refractivity contribution in [1.29, 1.82) is 0 Å². The lowest BCUT2D eigenvalue weighted by molar-refractivity contribution is 0.328. The Morgan fingerprint density at radius 2 is 2.11 bits per heavy atom. The van der Waals surface area contributed by atoms with Crippen LogP contribution in [-0.2, 0) is 7.05 Å². The van der Waals surface area contributed by atoms with Crippen molar-refractivity contribution >= 4 is 16.9 Å². The van der Waals surface area contributed by atoms with Gasteiger partial charge in [0, 0.05) is 13.1 Å². The molecule has 0 spiro atoms. The van der Waals surface area contributed by atoms with E-state index in [1.807, 2.05) is 7.05 Å². The van der Waals surface area contributed by atoms with E-state index in [9.17, 15) is 0 Å². The minimum absolute atomic E-state index is 0.110. The van der Waals surface area contributed by atoms with Crippen LogP contribution in [0.25, 0.3) is 11.0 Å². The summed E-state index contributed by atoms with van der Waals surface area (Å²) in [6.45, 7) is 7.24. The normalized spacial score (nSPS) is 13.7. The van der Waals surface area contributed by atoms with Crippen LogP contribution in [-0.4, -0.2) is 32.3 Å². The van der Waals surface area contributed by atoms with E-state index in [2.05, 4.69) is 41.2 Å². The lowest BCUT2D eigenvalue weighted by Crippen LogP contribution is -2.36. The van der Waals surface area contributed by atoms with Crippen LogP contribution in [0.4, 0.5) is 5.82 Å². The molecule has 0 aliphatic rings. The van der Waals surface area contributed by atoms with Gasteiger partial charge in [-0.25, -0.2) is 9.97 Å². The summed E-state index contributed by atoms with van der Waals surface area (Å²) in [7, 11) is 1.88. The van der Waals surface area contributed by atoms with Gasteiger partial charge in [0.2, 0.25) is 0 Å². The molecule has 2 aromatic rings. The number of nitrogens with one attached hydrogen (secondary N) is 1. The molecule has 3 N–H and O–H groups in total. The summed E-state index contributed by atoms with van der Waals surface area (Å²) in [5.74, 6) is 0.825. The van der Waals surface area contributed by atoms with E-state index in [4.69, 9.17) is 5.73 Å². The standard InChI is InChI=1S/C13H22N6/c1-13(2,3)10(5-6-14)18-11-9-7-17-19(4)12(9)16-8-15-11/h7-8,10H,5-6,14H2,1-4H3,(H,15,16,18). The summed E-state index contributed by atoms with van der Waals surface area (Å²) in [4.78, 5) is 8.58. The molecule has 104 valence electrons. The van der Waals surface area contributed by atoms with Gasteiger partial charge in [-0.3, -0.25) is 4.68 Å². The van der Waals surface area contributed by atoms with Crippen molar-refractivity contribution in [3.63, 3.8) is 0 Å². The van der Waals surface area contributed by atoms with E-state index in [0.717, 1.165) is 23.3 Å². The molecule has 1 atom stereocenters. The van der Waals surface area contributed by atoms with Gasteiger partial charge >= 0.3 is 0 Å². The Balaban J connectivity index is 2.34. The second-order valence-corrected chi connectivity index (χ2v) is 5.87. The van der Waals surface area contributed by atoms with Gasteiger partial charge in [0.25, 0.3) is 0 Å². The van der Waals surface area contributed by atoms with Gasteiger partial charge in [0.1, 0.15) is 12.1 Å². The Hall–Kier alpha value is -1.69. The maximum absolute atomic E-state index is 5.71. The van der Waals surface area contributed by atoms with Gasteiger partial charge in [0.15, 0.2) is 5.65 Å². The number of nitrogens with two attached hydrogens (primary N) is 1. The molecule has 0 aliphatic heterocycles. The molecule has 19 heavy (non-hydrogen) atoms. The van der Waals surface area contributed by atoms with Crippen LogP contribution in [0.3, 0.4) is 0 Å². The molecule has 6 nitrogen and oxygen atoms in total. The van der Waals surface area contributed by atoms with Crippen LogP contribution in [0, 0.1) is 5.41 Å². The van der Waals surface area contributed by atoms with Crippen LogP contribution in [0.5, 0.6) is 0 Å². The second kappa shape index (κ2) is 5.13. The zero-order valence-corrected chi connectivity index (χ0v) is 12.0. The van der Waals surface area contributed by atoms with E-state index in [1.54, 1.807) is 17.2 Å². The summed E-state index contributed by atoms with van der Waals surface area (Å²) in [6, 6.07) is 0.260. The van der Waals surface area contributed by atoms with Gasteiger partial charge in [0.05, 0.1) is 11.6 Å². The van der Waals surface area contributed by atoms with Crippen molar-refractivity contribution in [3.05, 3.63) is 12.5 Å². The molecule has 0 amide bonds. The van der Waals surface area contributed by atoms with E-state index in [0.29, 0.717) is 6.54 Å². The number of fused-ring (bicyclic) bond motifs is 1. The molecule has 2 aromatic heterocycles. The highest BCUT2D eigenvalue weighted by atomic mass is 15.3. The van der Waals surface area contributed by atoms with Crippen molar-refractivity contribution in [2.24, 2.45) is 18.2 Å². The minimum Gasteiger partial charge on any atom is -0.366 e. The average molecular weight is 262 g/mol. The Kier molecular flexibility index (Phi) is 3.71. The molecule has 0 bridgehead atoms. The summed E-state index contributed by atoms with van der Waals surface area (Å²) >= 11 is 0. The van der Waals surface area contributed by atoms with Crippen molar-refractivity contribution in [2.45, 2.75) is 33.2 Å². The Morgan fingerprint density at radius 1 is 1.37 bits per heavy atom. The van der Waals surface area contributed by atoms with E-state index >= 15 is 0 Å². The van der Waals surface area contributed by atoms with Crippen LogP contribution in [0.2, 0.25) is 0 Å². The van der Waals surface area contributed by atoms with E-state index < -0.39 is 0 Å². The first-order chi connectivity index (χ1) is 8.93. The summed E-state index contributed by atoms with van der Waals surface area (Å²) in [6.07, 6.45) is 4.25. The number of rotatable bonds is 4. The van der Waals surface area contributed by atoms with Gasteiger partial charge in [-0.15, -0.1) is 0 Å². The van der Waals surface area contributed by atoms with Gasteiger partial charge in [-0.1, -0.05) is 20.8 Å². The van der Waals surface area contributed by atoms with Crippen molar-refractivity contribution < 1.29 is 0 Å². The van der Waals surface area contributed by atoms with Gasteiger partial charge in [-0.2, -0.15) is 5.10 Å². The number of anilines is 1. The fraction of sp³-hybridized carbons (Fsp3) is 0.615. The second-order valence-electron chi connectivity index (χ2n) is 5.87. The molecule has 0 fully saturated rings. The predicted octanol–water partition coefficient (Wildman–Crippen LogP) is 1.54.